The molecule has 1 aliphatic heterocycles. The van der Waals surface area contributed by atoms with Gasteiger partial charge in [-0.05, 0) is 38.2 Å². The number of carbonyl (C=O) groups is 3. The molecule has 4 rings (SSSR count). The molecule has 8 nitrogen and oxygen atoms in total. The molecule has 8 heteroatoms. The topological polar surface area (TPSA) is 119 Å². The Bertz CT molecular complexity index is 937. The Morgan fingerprint density at radius 3 is 2.30 bits per heavy atom. The van der Waals surface area contributed by atoms with Crippen LogP contribution in [0.4, 0.5) is 0 Å². The molecular formula is C25H36O8. The summed E-state index contributed by atoms with van der Waals surface area (Å²) in [5, 5.41) is 23.7. The third-order valence-electron chi connectivity index (χ3n) is 9.36. The molecule has 4 aliphatic rings. The van der Waals surface area contributed by atoms with Gasteiger partial charge in [0.25, 0.3) is 0 Å². The van der Waals surface area contributed by atoms with Crippen molar-refractivity contribution in [1.29, 1.82) is 0 Å². The Hall–Kier alpha value is -1.77. The lowest BCUT2D eigenvalue weighted by Gasteiger charge is -2.67. The first-order chi connectivity index (χ1) is 15.1. The number of Topliss-reactive ketones (excluding diaryl/α,β-unsaturated/α-hetero) is 1. The minimum absolute atomic E-state index is 0.0817. The second-order valence-corrected chi connectivity index (χ2v) is 11.2. The largest absolute Gasteiger partial charge is 0.454 e. The third kappa shape index (κ3) is 2.96. The van der Waals surface area contributed by atoms with Crippen LogP contribution < -0.4 is 0 Å². The van der Waals surface area contributed by atoms with Gasteiger partial charge in [-0.15, -0.1) is 0 Å². The number of aliphatic hydroxyl groups excluding tert-OH is 1. The van der Waals surface area contributed by atoms with Crippen LogP contribution in [-0.2, 0) is 28.6 Å². The number of rotatable bonds is 2. The molecule has 1 heterocycles. The van der Waals surface area contributed by atoms with Gasteiger partial charge in [0.15, 0.2) is 17.5 Å². The summed E-state index contributed by atoms with van der Waals surface area (Å²) in [4.78, 5) is 38.7. The van der Waals surface area contributed by atoms with Crippen LogP contribution in [0.2, 0.25) is 0 Å². The van der Waals surface area contributed by atoms with E-state index in [1.165, 1.54) is 13.8 Å². The fraction of sp³-hybridized carbons (Fsp3) is 0.800. The van der Waals surface area contributed by atoms with Crippen molar-refractivity contribution in [3.8, 4) is 0 Å². The van der Waals surface area contributed by atoms with Gasteiger partial charge in [0, 0.05) is 31.6 Å². The molecule has 33 heavy (non-hydrogen) atoms. The Kier molecular flexibility index (Phi) is 5.43. The smallest absolute Gasteiger partial charge is 0.303 e. The molecule has 0 spiro atoms. The second kappa shape index (κ2) is 7.36. The van der Waals surface area contributed by atoms with E-state index in [1.807, 2.05) is 27.7 Å². The van der Waals surface area contributed by atoms with E-state index in [1.54, 1.807) is 6.92 Å². The number of ether oxygens (including phenoxy) is 3. The van der Waals surface area contributed by atoms with Crippen LogP contribution in [0.15, 0.2) is 11.1 Å². The van der Waals surface area contributed by atoms with Gasteiger partial charge in [0.2, 0.25) is 0 Å². The first-order valence-corrected chi connectivity index (χ1v) is 11.8. The first-order valence-electron chi connectivity index (χ1n) is 11.8. The van der Waals surface area contributed by atoms with E-state index in [-0.39, 0.29) is 13.0 Å². The van der Waals surface area contributed by atoms with Crippen LogP contribution in [0.25, 0.3) is 0 Å². The van der Waals surface area contributed by atoms with Crippen molar-refractivity contribution >= 4 is 17.7 Å². The molecule has 1 unspecified atom stereocenters. The molecular weight excluding hydrogens is 428 g/mol. The molecule has 3 fully saturated rings. The normalized spacial score (nSPS) is 46.2. The molecule has 0 aromatic rings. The summed E-state index contributed by atoms with van der Waals surface area (Å²) in [5.74, 6) is -2.83. The molecule has 8 atom stereocenters. The maximum atomic E-state index is 14.4. The molecule has 0 amide bonds. The Morgan fingerprint density at radius 1 is 1.15 bits per heavy atom. The molecule has 0 radical (unpaired) electrons. The highest BCUT2D eigenvalue weighted by molar-refractivity contribution is 5.95. The number of allylic oxidation sites excluding steroid dienone is 1. The summed E-state index contributed by atoms with van der Waals surface area (Å²) in [6.45, 7) is 11.8. The lowest BCUT2D eigenvalue weighted by Crippen LogP contribution is -2.79. The lowest BCUT2D eigenvalue weighted by atomic mass is 9.43. The summed E-state index contributed by atoms with van der Waals surface area (Å²) < 4.78 is 17.3. The molecule has 0 aromatic heterocycles. The number of hydrogen-bond donors (Lipinski definition) is 2. The predicted octanol–water partition coefficient (Wildman–Crippen LogP) is 2.09. The van der Waals surface area contributed by atoms with Gasteiger partial charge in [-0.25, -0.2) is 0 Å². The highest BCUT2D eigenvalue weighted by Crippen LogP contribution is 2.65. The zero-order valence-electron chi connectivity index (χ0n) is 20.6. The van der Waals surface area contributed by atoms with E-state index in [0.29, 0.717) is 18.4 Å². The van der Waals surface area contributed by atoms with E-state index in [9.17, 15) is 24.6 Å². The third-order valence-corrected chi connectivity index (χ3v) is 9.36. The van der Waals surface area contributed by atoms with Crippen molar-refractivity contribution < 1.29 is 38.8 Å². The number of carbonyl (C=O) groups excluding carboxylic acids is 3. The standard InChI is InChI=1S/C25H36O8/c1-12-8-9-25(30)13(2)20-23(7,16(28)10-17-24(20,11-31-17)33-15(4)27)21(29)19(32-14(3)26)18(12)22(25,5)6/h13,16-17,19-20,28,30H,8-11H2,1-7H3/t13-,16-,17+,19+,20?,23+,24-,25+/m0/s1. The quantitative estimate of drug-likeness (QED) is 0.471. The van der Waals surface area contributed by atoms with Crippen molar-refractivity contribution in [2.45, 2.75) is 97.2 Å². The molecule has 0 aromatic carbocycles. The van der Waals surface area contributed by atoms with Crippen LogP contribution in [-0.4, -0.2) is 64.1 Å². The van der Waals surface area contributed by atoms with Gasteiger partial charge < -0.3 is 24.4 Å². The van der Waals surface area contributed by atoms with Crippen molar-refractivity contribution in [2.75, 3.05) is 6.61 Å². The molecule has 2 saturated carbocycles. The monoisotopic (exact) mass is 464 g/mol. The van der Waals surface area contributed by atoms with Crippen LogP contribution in [0.1, 0.15) is 67.7 Å². The van der Waals surface area contributed by atoms with Gasteiger partial charge in [0.05, 0.1) is 23.7 Å². The molecule has 3 aliphatic carbocycles. The van der Waals surface area contributed by atoms with Gasteiger partial charge in [-0.3, -0.25) is 14.4 Å². The van der Waals surface area contributed by atoms with Gasteiger partial charge in [0.1, 0.15) is 6.10 Å². The Balaban J connectivity index is 2.02. The molecule has 184 valence electrons. The van der Waals surface area contributed by atoms with Crippen molar-refractivity contribution in [2.24, 2.45) is 22.7 Å². The molecule has 2 N–H and O–H groups in total. The SMILES string of the molecule is CC(=O)O[C@H]1C(=O)[C@@]2(C)C([C@H](C)[C@]3(O)CCC(C)=C1C3(C)C)[C@]1(OC(C)=O)CO[C@@H]1C[C@@H]2O. The average Bonchev–Trinajstić information content (AvgIpc) is 2.69. The van der Waals surface area contributed by atoms with Gasteiger partial charge in [-0.1, -0.05) is 26.3 Å². The van der Waals surface area contributed by atoms with Crippen LogP contribution >= 0.6 is 0 Å². The summed E-state index contributed by atoms with van der Waals surface area (Å²) in [6, 6.07) is 0. The van der Waals surface area contributed by atoms with Crippen molar-refractivity contribution in [3.05, 3.63) is 11.1 Å². The fourth-order valence-corrected chi connectivity index (χ4v) is 7.68. The number of ketones is 1. The number of fused-ring (bicyclic) bond motifs is 5. The zero-order valence-corrected chi connectivity index (χ0v) is 20.6. The van der Waals surface area contributed by atoms with Crippen molar-refractivity contribution in [1.82, 2.24) is 0 Å². The summed E-state index contributed by atoms with van der Waals surface area (Å²) in [7, 11) is 0. The highest BCUT2D eigenvalue weighted by atomic mass is 16.6. The second-order valence-electron chi connectivity index (χ2n) is 11.2. The maximum absolute atomic E-state index is 14.4. The predicted molar refractivity (Wildman–Crippen MR) is 117 cm³/mol. The number of esters is 2. The zero-order chi connectivity index (χ0) is 24.7. The van der Waals surface area contributed by atoms with E-state index in [2.05, 4.69) is 0 Å². The van der Waals surface area contributed by atoms with Crippen LogP contribution in [0.5, 0.6) is 0 Å². The van der Waals surface area contributed by atoms with Crippen LogP contribution in [0, 0.1) is 22.7 Å². The number of aliphatic hydroxyl groups is 2. The summed E-state index contributed by atoms with van der Waals surface area (Å²) in [5.41, 5.74) is -3.31. The minimum Gasteiger partial charge on any atom is -0.454 e. The Morgan fingerprint density at radius 2 is 1.79 bits per heavy atom. The van der Waals surface area contributed by atoms with Crippen molar-refractivity contribution in [3.63, 3.8) is 0 Å². The van der Waals surface area contributed by atoms with Crippen LogP contribution in [0.3, 0.4) is 0 Å². The summed E-state index contributed by atoms with van der Waals surface area (Å²) in [6.07, 6.45) is -1.88. The van der Waals surface area contributed by atoms with E-state index < -0.39 is 69.9 Å². The first kappa shape index (κ1) is 24.4. The van der Waals surface area contributed by atoms with E-state index >= 15 is 0 Å². The van der Waals surface area contributed by atoms with Gasteiger partial charge >= 0.3 is 11.9 Å². The van der Waals surface area contributed by atoms with Gasteiger partial charge in [-0.2, -0.15) is 0 Å². The maximum Gasteiger partial charge on any atom is 0.303 e. The fourth-order valence-electron chi connectivity index (χ4n) is 7.68. The molecule has 2 bridgehead atoms. The lowest BCUT2D eigenvalue weighted by molar-refractivity contribution is -0.337. The Labute approximate surface area is 194 Å². The summed E-state index contributed by atoms with van der Waals surface area (Å²) >= 11 is 0. The minimum atomic E-state index is -1.44. The van der Waals surface area contributed by atoms with E-state index in [4.69, 9.17) is 14.2 Å². The average molecular weight is 465 g/mol. The number of hydrogen-bond acceptors (Lipinski definition) is 8. The highest BCUT2D eigenvalue weighted by Gasteiger charge is 2.75. The molecule has 1 saturated heterocycles. The van der Waals surface area contributed by atoms with E-state index in [0.717, 1.165) is 5.57 Å².